The van der Waals surface area contributed by atoms with Crippen LogP contribution in [0.3, 0.4) is 0 Å². The van der Waals surface area contributed by atoms with Crippen LogP contribution in [-0.4, -0.2) is 72.7 Å². The maximum Gasteiger partial charge on any atom is 0.223 e. The Morgan fingerprint density at radius 2 is 2.18 bits per heavy atom. The van der Waals surface area contributed by atoms with Gasteiger partial charge in [-0.1, -0.05) is 0 Å². The molecule has 1 amide bonds. The molecule has 2 N–H and O–H groups in total. The Kier molecular flexibility index (Phi) is 4.76. The summed E-state index contributed by atoms with van der Waals surface area (Å²) in [5, 5.41) is 12.8. The van der Waals surface area contributed by atoms with Crippen molar-refractivity contribution in [2.24, 2.45) is 0 Å². The minimum atomic E-state index is -0.176. The number of hydrogen-bond donors (Lipinski definition) is 2. The van der Waals surface area contributed by atoms with Crippen molar-refractivity contribution in [3.8, 4) is 0 Å². The van der Waals surface area contributed by atoms with Crippen LogP contribution in [0, 0.1) is 0 Å². The fraction of sp³-hybridized carbons (Fsp3) is 0.917. The van der Waals surface area contributed by atoms with Gasteiger partial charge in [0.05, 0.1) is 6.10 Å². The first-order chi connectivity index (χ1) is 8.25. The number of β-amino-alcohol motifs (C(OH)–C–C–N with tert-alkyl or cyclic N) is 1. The van der Waals surface area contributed by atoms with Crippen molar-refractivity contribution in [3.05, 3.63) is 0 Å². The highest BCUT2D eigenvalue weighted by Gasteiger charge is 2.20. The first-order valence-corrected chi connectivity index (χ1v) is 6.64. The number of piperidine rings is 1. The Bertz CT molecular complexity index is 260. The Morgan fingerprint density at radius 1 is 1.29 bits per heavy atom. The lowest BCUT2D eigenvalue weighted by molar-refractivity contribution is -0.130. The van der Waals surface area contributed by atoms with Crippen molar-refractivity contribution in [2.75, 3.05) is 45.8 Å². The molecular weight excluding hydrogens is 218 g/mol. The zero-order chi connectivity index (χ0) is 12.1. The average Bonchev–Trinajstić information content (AvgIpc) is 2.52. The molecular formula is C12H23N3O2. The van der Waals surface area contributed by atoms with E-state index in [0.717, 1.165) is 58.7 Å². The van der Waals surface area contributed by atoms with E-state index in [1.54, 1.807) is 0 Å². The number of nitrogens with zero attached hydrogens (tertiary/aromatic N) is 2. The lowest BCUT2D eigenvalue weighted by Crippen LogP contribution is -2.44. The second kappa shape index (κ2) is 6.33. The van der Waals surface area contributed by atoms with Crippen molar-refractivity contribution in [1.82, 2.24) is 15.1 Å². The van der Waals surface area contributed by atoms with Gasteiger partial charge in [-0.3, -0.25) is 9.69 Å². The summed E-state index contributed by atoms with van der Waals surface area (Å²) in [6.07, 6.45) is 2.42. The summed E-state index contributed by atoms with van der Waals surface area (Å²) < 4.78 is 0. The van der Waals surface area contributed by atoms with E-state index in [2.05, 4.69) is 10.2 Å². The number of carbonyl (C=O) groups is 1. The zero-order valence-corrected chi connectivity index (χ0v) is 10.4. The molecule has 17 heavy (non-hydrogen) atoms. The number of hydrogen-bond acceptors (Lipinski definition) is 4. The number of carbonyl (C=O) groups excluding carboxylic acids is 1. The third kappa shape index (κ3) is 3.94. The molecule has 1 unspecified atom stereocenters. The minimum Gasteiger partial charge on any atom is -0.392 e. The van der Waals surface area contributed by atoms with E-state index in [9.17, 15) is 9.90 Å². The van der Waals surface area contributed by atoms with Crippen molar-refractivity contribution >= 4 is 5.91 Å². The lowest BCUT2D eigenvalue weighted by atomic mass is 10.1. The maximum absolute atomic E-state index is 11.8. The third-order valence-electron chi connectivity index (χ3n) is 3.59. The number of aliphatic hydroxyl groups excluding tert-OH is 1. The first kappa shape index (κ1) is 12.8. The quantitative estimate of drug-likeness (QED) is 0.684. The van der Waals surface area contributed by atoms with Gasteiger partial charge in [-0.05, 0) is 19.4 Å². The smallest absolute Gasteiger partial charge is 0.223 e. The van der Waals surface area contributed by atoms with E-state index >= 15 is 0 Å². The molecule has 2 saturated heterocycles. The van der Waals surface area contributed by atoms with E-state index in [0.29, 0.717) is 6.42 Å². The van der Waals surface area contributed by atoms with Crippen molar-refractivity contribution < 1.29 is 9.90 Å². The molecule has 0 spiro atoms. The highest BCUT2D eigenvalue weighted by atomic mass is 16.3. The Morgan fingerprint density at radius 3 is 3.00 bits per heavy atom. The summed E-state index contributed by atoms with van der Waals surface area (Å²) in [4.78, 5) is 16.0. The molecule has 0 bridgehead atoms. The van der Waals surface area contributed by atoms with Crippen molar-refractivity contribution in [2.45, 2.75) is 25.4 Å². The number of aliphatic hydroxyl groups is 1. The molecule has 0 aromatic carbocycles. The number of nitrogens with one attached hydrogen (secondary N) is 1. The molecule has 0 radical (unpaired) electrons. The van der Waals surface area contributed by atoms with Gasteiger partial charge in [0.1, 0.15) is 0 Å². The number of amides is 1. The summed E-state index contributed by atoms with van der Waals surface area (Å²) in [6, 6.07) is 0. The van der Waals surface area contributed by atoms with Crippen LogP contribution < -0.4 is 5.32 Å². The summed E-state index contributed by atoms with van der Waals surface area (Å²) in [6.45, 7) is 6.02. The lowest BCUT2D eigenvalue weighted by Gasteiger charge is -2.32. The second-order valence-electron chi connectivity index (χ2n) is 4.98. The molecule has 0 aliphatic carbocycles. The molecule has 2 rings (SSSR count). The van der Waals surface area contributed by atoms with Gasteiger partial charge in [-0.15, -0.1) is 0 Å². The van der Waals surface area contributed by atoms with Crippen LogP contribution in [0.2, 0.25) is 0 Å². The topological polar surface area (TPSA) is 55.8 Å². The van der Waals surface area contributed by atoms with Gasteiger partial charge in [0, 0.05) is 45.7 Å². The summed E-state index contributed by atoms with van der Waals surface area (Å²) in [7, 11) is 0. The van der Waals surface area contributed by atoms with Crippen LogP contribution in [-0.2, 0) is 4.79 Å². The Balaban J connectivity index is 1.74. The van der Waals surface area contributed by atoms with Crippen LogP contribution in [0.4, 0.5) is 0 Å². The van der Waals surface area contributed by atoms with Gasteiger partial charge in [-0.2, -0.15) is 0 Å². The monoisotopic (exact) mass is 241 g/mol. The fourth-order valence-electron chi connectivity index (χ4n) is 2.55. The number of likely N-dealkylation sites (tertiary alicyclic amines) is 1. The molecule has 0 aromatic rings. The van der Waals surface area contributed by atoms with Crippen molar-refractivity contribution in [3.63, 3.8) is 0 Å². The van der Waals surface area contributed by atoms with Crippen LogP contribution in [0.5, 0.6) is 0 Å². The van der Waals surface area contributed by atoms with Crippen molar-refractivity contribution in [1.29, 1.82) is 0 Å². The highest BCUT2D eigenvalue weighted by Crippen LogP contribution is 2.09. The van der Waals surface area contributed by atoms with Crippen LogP contribution in [0.1, 0.15) is 19.3 Å². The molecule has 2 heterocycles. The molecule has 0 aromatic heterocycles. The van der Waals surface area contributed by atoms with Gasteiger partial charge in [0.15, 0.2) is 0 Å². The SMILES string of the molecule is O=C1CCNCCN1CCN1CCCC(O)C1. The first-order valence-electron chi connectivity index (χ1n) is 6.64. The molecule has 5 nitrogen and oxygen atoms in total. The summed E-state index contributed by atoms with van der Waals surface area (Å²) in [5.74, 6) is 0.257. The van der Waals surface area contributed by atoms with Gasteiger partial charge in [-0.25, -0.2) is 0 Å². The van der Waals surface area contributed by atoms with Crippen LogP contribution in [0.25, 0.3) is 0 Å². The van der Waals surface area contributed by atoms with E-state index in [1.807, 2.05) is 4.90 Å². The van der Waals surface area contributed by atoms with E-state index < -0.39 is 0 Å². The standard InChI is InChI=1S/C12H23N3O2/c16-11-2-1-6-14(10-11)8-9-15-7-5-13-4-3-12(15)17/h11,13,16H,1-10H2. The van der Waals surface area contributed by atoms with E-state index in [4.69, 9.17) is 0 Å². The molecule has 1 atom stereocenters. The van der Waals surface area contributed by atoms with Gasteiger partial charge in [0.25, 0.3) is 0 Å². The minimum absolute atomic E-state index is 0.176. The van der Waals surface area contributed by atoms with Crippen LogP contribution in [0.15, 0.2) is 0 Å². The largest absolute Gasteiger partial charge is 0.392 e. The Hall–Kier alpha value is -0.650. The Labute approximate surface area is 103 Å². The maximum atomic E-state index is 11.8. The summed E-state index contributed by atoms with van der Waals surface area (Å²) in [5.41, 5.74) is 0. The van der Waals surface area contributed by atoms with E-state index in [-0.39, 0.29) is 12.0 Å². The number of rotatable bonds is 3. The van der Waals surface area contributed by atoms with Gasteiger partial charge in [0.2, 0.25) is 5.91 Å². The second-order valence-corrected chi connectivity index (χ2v) is 4.98. The highest BCUT2D eigenvalue weighted by molar-refractivity contribution is 5.76. The molecule has 98 valence electrons. The predicted molar refractivity (Wildman–Crippen MR) is 65.7 cm³/mol. The molecule has 5 heteroatoms. The fourth-order valence-corrected chi connectivity index (χ4v) is 2.55. The average molecular weight is 241 g/mol. The van der Waals surface area contributed by atoms with Gasteiger partial charge >= 0.3 is 0 Å². The van der Waals surface area contributed by atoms with E-state index in [1.165, 1.54) is 0 Å². The molecule has 2 aliphatic rings. The predicted octanol–water partition coefficient (Wildman–Crippen LogP) is -0.735. The summed E-state index contributed by atoms with van der Waals surface area (Å²) >= 11 is 0. The zero-order valence-electron chi connectivity index (χ0n) is 10.4. The van der Waals surface area contributed by atoms with Gasteiger partial charge < -0.3 is 15.3 Å². The molecule has 2 fully saturated rings. The molecule has 2 aliphatic heterocycles. The normalized spacial score (nSPS) is 28.2. The molecule has 0 saturated carbocycles. The third-order valence-corrected chi connectivity index (χ3v) is 3.59. The van der Waals surface area contributed by atoms with Crippen LogP contribution >= 0.6 is 0 Å².